The first-order chi connectivity index (χ1) is 8.74. The van der Waals surface area contributed by atoms with Crippen molar-refractivity contribution in [3.05, 3.63) is 33.6 Å². The number of benzene rings is 1. The lowest BCUT2D eigenvalue weighted by atomic mass is 10.2. The van der Waals surface area contributed by atoms with E-state index < -0.39 is 0 Å². The minimum atomic E-state index is -0.276. The molecule has 0 atom stereocenters. The van der Waals surface area contributed by atoms with Crippen LogP contribution in [0.2, 0.25) is 0 Å². The average molecular weight is 328 g/mol. The molecular weight excluding hydrogens is 314 g/mol. The molecule has 0 radical (unpaired) electrons. The minimum Gasteiger partial charge on any atom is -0.354 e. The van der Waals surface area contributed by atoms with Crippen molar-refractivity contribution < 1.29 is 9.47 Å². The lowest BCUT2D eigenvalue weighted by Crippen LogP contribution is -2.16. The predicted molar refractivity (Wildman–Crippen MR) is 79.8 cm³/mol. The second-order valence-electron chi connectivity index (χ2n) is 3.70. The zero-order chi connectivity index (χ0) is 13.0. The highest BCUT2D eigenvalue weighted by molar-refractivity contribution is 9.10. The molecule has 3 nitrogen and oxygen atoms in total. The van der Waals surface area contributed by atoms with E-state index in [0.29, 0.717) is 6.54 Å². The van der Waals surface area contributed by atoms with Gasteiger partial charge in [-0.2, -0.15) is 0 Å². The summed E-state index contributed by atoms with van der Waals surface area (Å²) in [5, 5.41) is 1.23. The van der Waals surface area contributed by atoms with Crippen LogP contribution in [0.3, 0.4) is 0 Å². The van der Waals surface area contributed by atoms with Crippen molar-refractivity contribution in [3.63, 3.8) is 0 Å². The van der Waals surface area contributed by atoms with Crippen molar-refractivity contribution in [1.82, 2.24) is 0 Å². The van der Waals surface area contributed by atoms with Crippen molar-refractivity contribution in [1.29, 1.82) is 0 Å². The van der Waals surface area contributed by atoms with Gasteiger partial charge in [-0.3, -0.25) is 4.99 Å². The van der Waals surface area contributed by atoms with Gasteiger partial charge < -0.3 is 9.47 Å². The maximum atomic E-state index is 5.08. The lowest BCUT2D eigenvalue weighted by molar-refractivity contribution is -0.0936. The number of ether oxygens (including phenoxy) is 2. The zero-order valence-corrected chi connectivity index (χ0v) is 12.6. The Balaban J connectivity index is 2.12. The molecule has 0 aliphatic heterocycles. The number of aliphatic imine (C=N–C) groups is 1. The number of halogens is 1. The second-order valence-corrected chi connectivity index (χ2v) is 5.64. The van der Waals surface area contributed by atoms with Crippen molar-refractivity contribution in [2.24, 2.45) is 4.99 Å². The van der Waals surface area contributed by atoms with Gasteiger partial charge in [-0.25, -0.2) is 0 Å². The van der Waals surface area contributed by atoms with Crippen molar-refractivity contribution in [2.75, 3.05) is 20.8 Å². The fraction of sp³-hybridized carbons (Fsp3) is 0.308. The highest BCUT2D eigenvalue weighted by Crippen LogP contribution is 2.31. The molecule has 18 heavy (non-hydrogen) atoms. The van der Waals surface area contributed by atoms with Crippen LogP contribution < -0.4 is 0 Å². The first-order valence-electron chi connectivity index (χ1n) is 5.48. The molecule has 0 spiro atoms. The fourth-order valence-corrected chi connectivity index (χ4v) is 3.17. The number of methoxy groups -OCH3 is 2. The molecule has 1 heterocycles. The van der Waals surface area contributed by atoms with Gasteiger partial charge in [0.15, 0.2) is 6.29 Å². The van der Waals surface area contributed by atoms with Crippen molar-refractivity contribution in [3.8, 4) is 0 Å². The van der Waals surface area contributed by atoms with Gasteiger partial charge in [0.25, 0.3) is 0 Å². The summed E-state index contributed by atoms with van der Waals surface area (Å²) in [6.45, 7) is 0.502. The molecular formula is C13H14BrNO2S. The van der Waals surface area contributed by atoms with Gasteiger partial charge in [-0.1, -0.05) is 12.1 Å². The Morgan fingerprint density at radius 2 is 2.17 bits per heavy atom. The molecule has 2 aromatic rings. The lowest BCUT2D eigenvalue weighted by Gasteiger charge is -2.08. The molecule has 0 fully saturated rings. The third kappa shape index (κ3) is 3.17. The molecule has 0 saturated carbocycles. The maximum Gasteiger partial charge on any atom is 0.176 e. The van der Waals surface area contributed by atoms with E-state index >= 15 is 0 Å². The number of thiophene rings is 1. The number of fused-ring (bicyclic) bond motifs is 1. The Kier molecular flexibility index (Phi) is 4.88. The van der Waals surface area contributed by atoms with E-state index in [4.69, 9.17) is 9.47 Å². The van der Waals surface area contributed by atoms with E-state index in [2.05, 4.69) is 33.1 Å². The molecule has 0 N–H and O–H groups in total. The minimum absolute atomic E-state index is 0.276. The van der Waals surface area contributed by atoms with Gasteiger partial charge in [-0.15, -0.1) is 11.3 Å². The van der Waals surface area contributed by atoms with Crippen molar-refractivity contribution in [2.45, 2.75) is 6.29 Å². The average Bonchev–Trinajstić information content (AvgIpc) is 2.79. The number of hydrogen-bond acceptors (Lipinski definition) is 4. The number of hydrogen-bond donors (Lipinski definition) is 0. The van der Waals surface area contributed by atoms with Crippen LogP contribution in [-0.4, -0.2) is 33.3 Å². The Bertz CT molecular complexity index is 549. The molecule has 96 valence electrons. The van der Waals surface area contributed by atoms with Crippen LogP contribution in [0.4, 0.5) is 0 Å². The first-order valence-corrected chi connectivity index (χ1v) is 7.09. The van der Waals surface area contributed by atoms with Gasteiger partial charge in [-0.05, 0) is 33.4 Å². The topological polar surface area (TPSA) is 30.8 Å². The number of nitrogens with zero attached hydrogens (tertiary/aromatic N) is 1. The summed E-state index contributed by atoms with van der Waals surface area (Å²) in [5.41, 5.74) is 0. The predicted octanol–water partition coefficient (Wildman–Crippen LogP) is 3.70. The first kappa shape index (κ1) is 13.7. The molecule has 0 unspecified atom stereocenters. The number of rotatable bonds is 5. The highest BCUT2D eigenvalue weighted by Gasteiger charge is 2.04. The van der Waals surface area contributed by atoms with Crippen LogP contribution >= 0.6 is 27.3 Å². The van der Waals surface area contributed by atoms with Crippen LogP contribution in [-0.2, 0) is 9.47 Å². The summed E-state index contributed by atoms with van der Waals surface area (Å²) in [7, 11) is 3.22. The molecule has 5 heteroatoms. The molecule has 1 aromatic carbocycles. The van der Waals surface area contributed by atoms with Gasteiger partial charge in [0, 0.05) is 34.5 Å². The van der Waals surface area contributed by atoms with E-state index in [1.54, 1.807) is 25.6 Å². The highest BCUT2D eigenvalue weighted by atomic mass is 79.9. The summed E-state index contributed by atoms with van der Waals surface area (Å²) in [5.74, 6) is 0. The van der Waals surface area contributed by atoms with Gasteiger partial charge >= 0.3 is 0 Å². The Morgan fingerprint density at radius 1 is 1.39 bits per heavy atom. The van der Waals surface area contributed by atoms with Crippen LogP contribution in [0.25, 0.3) is 10.1 Å². The van der Waals surface area contributed by atoms with Crippen LogP contribution in [0.15, 0.2) is 33.7 Å². The van der Waals surface area contributed by atoms with Gasteiger partial charge in [0.2, 0.25) is 0 Å². The molecule has 2 rings (SSSR count). The molecule has 0 aliphatic rings. The zero-order valence-electron chi connectivity index (χ0n) is 10.2. The molecule has 0 amide bonds. The third-order valence-electron chi connectivity index (χ3n) is 2.51. The summed E-state index contributed by atoms with van der Waals surface area (Å²) < 4.78 is 12.5. The summed E-state index contributed by atoms with van der Waals surface area (Å²) >= 11 is 5.26. The Labute approximate surface area is 119 Å². The smallest absolute Gasteiger partial charge is 0.176 e. The van der Waals surface area contributed by atoms with E-state index in [9.17, 15) is 0 Å². The molecule has 1 aromatic heterocycles. The molecule has 0 bridgehead atoms. The molecule has 0 saturated heterocycles. The Morgan fingerprint density at radius 3 is 2.83 bits per heavy atom. The van der Waals surface area contributed by atoms with E-state index in [1.165, 1.54) is 10.1 Å². The standard InChI is InChI=1S/C13H14BrNO2S/c1-16-12(17-2)8-15-7-10-6-9-4-3-5-11(14)13(9)18-10/h3-7,12H,8H2,1-2H3. The van der Waals surface area contributed by atoms with Crippen molar-refractivity contribution >= 4 is 43.6 Å². The van der Waals surface area contributed by atoms with E-state index in [1.807, 2.05) is 18.3 Å². The summed E-state index contributed by atoms with van der Waals surface area (Å²) in [6.07, 6.45) is 1.59. The normalized spacial score (nSPS) is 12.0. The molecule has 0 aliphatic carbocycles. The largest absolute Gasteiger partial charge is 0.354 e. The summed E-state index contributed by atoms with van der Waals surface area (Å²) in [4.78, 5) is 5.46. The van der Waals surface area contributed by atoms with Gasteiger partial charge in [0.05, 0.1) is 6.54 Å². The Hall–Kier alpha value is -0.750. The van der Waals surface area contributed by atoms with E-state index in [0.717, 1.165) is 9.35 Å². The summed E-state index contributed by atoms with van der Waals surface area (Å²) in [6, 6.07) is 8.31. The second kappa shape index (κ2) is 6.43. The van der Waals surface area contributed by atoms with E-state index in [-0.39, 0.29) is 6.29 Å². The maximum absolute atomic E-state index is 5.08. The third-order valence-corrected chi connectivity index (χ3v) is 4.56. The fourth-order valence-electron chi connectivity index (χ4n) is 1.59. The van der Waals surface area contributed by atoms with Crippen LogP contribution in [0.5, 0.6) is 0 Å². The van der Waals surface area contributed by atoms with Gasteiger partial charge in [0.1, 0.15) is 0 Å². The van der Waals surface area contributed by atoms with Crippen LogP contribution in [0.1, 0.15) is 4.88 Å². The monoisotopic (exact) mass is 327 g/mol. The quantitative estimate of drug-likeness (QED) is 0.619. The van der Waals surface area contributed by atoms with Crippen LogP contribution in [0, 0.1) is 0 Å². The SMILES string of the molecule is COC(CN=Cc1cc2cccc(Br)c2s1)OC.